The largest absolute Gasteiger partial charge is 0.481 e. The third kappa shape index (κ3) is 6.57. The number of benzene rings is 1. The highest BCUT2D eigenvalue weighted by Gasteiger charge is 2.30. The SMILES string of the molecule is CCC(C)(C)C(=O)Oc1cc(C)c(OCC(=O)OCC(F)(F)F)c(C)c1. The predicted octanol–water partition coefficient (Wildman–Crippen LogP) is 4.13. The van der Waals surface area contributed by atoms with Crippen molar-refractivity contribution < 1.29 is 37.0 Å². The summed E-state index contributed by atoms with van der Waals surface area (Å²) in [6.07, 6.45) is -3.97. The van der Waals surface area contributed by atoms with Crippen LogP contribution in [0.5, 0.6) is 11.5 Å². The lowest BCUT2D eigenvalue weighted by atomic mass is 9.91. The molecule has 0 saturated heterocycles. The van der Waals surface area contributed by atoms with E-state index < -0.39 is 30.8 Å². The van der Waals surface area contributed by atoms with Gasteiger partial charge in [0, 0.05) is 0 Å². The molecule has 0 saturated carbocycles. The smallest absolute Gasteiger partial charge is 0.422 e. The minimum Gasteiger partial charge on any atom is -0.481 e. The van der Waals surface area contributed by atoms with Gasteiger partial charge in [0.15, 0.2) is 13.2 Å². The molecule has 1 aromatic rings. The summed E-state index contributed by atoms with van der Waals surface area (Å²) in [6, 6.07) is 3.13. The molecule has 0 unspecified atom stereocenters. The van der Waals surface area contributed by atoms with E-state index in [1.807, 2.05) is 6.92 Å². The summed E-state index contributed by atoms with van der Waals surface area (Å²) in [4.78, 5) is 23.5. The first-order chi connectivity index (χ1) is 11.9. The van der Waals surface area contributed by atoms with E-state index in [1.165, 1.54) is 0 Å². The minimum atomic E-state index is -4.58. The van der Waals surface area contributed by atoms with Crippen molar-refractivity contribution in [1.29, 1.82) is 0 Å². The van der Waals surface area contributed by atoms with E-state index in [-0.39, 0.29) is 5.97 Å². The van der Waals surface area contributed by atoms with Crippen molar-refractivity contribution in [3.63, 3.8) is 0 Å². The molecule has 8 heteroatoms. The minimum absolute atomic E-state index is 0.323. The van der Waals surface area contributed by atoms with Crippen LogP contribution >= 0.6 is 0 Å². The van der Waals surface area contributed by atoms with Gasteiger partial charge in [0.25, 0.3) is 0 Å². The number of aryl methyl sites for hydroxylation is 2. The van der Waals surface area contributed by atoms with Crippen molar-refractivity contribution >= 4 is 11.9 Å². The molecule has 0 aliphatic carbocycles. The van der Waals surface area contributed by atoms with Crippen molar-refractivity contribution in [2.75, 3.05) is 13.2 Å². The molecule has 0 radical (unpaired) electrons. The molecular formula is C18H23F3O5. The molecule has 0 bridgehead atoms. The number of ether oxygens (including phenoxy) is 3. The van der Waals surface area contributed by atoms with Crippen LogP contribution in [0.25, 0.3) is 0 Å². The molecule has 0 N–H and O–H groups in total. The van der Waals surface area contributed by atoms with Crippen LogP contribution in [0.4, 0.5) is 13.2 Å². The number of rotatable bonds is 7. The molecule has 0 amide bonds. The number of alkyl halides is 3. The topological polar surface area (TPSA) is 61.8 Å². The van der Waals surface area contributed by atoms with Gasteiger partial charge in [0.2, 0.25) is 0 Å². The molecule has 0 atom stereocenters. The van der Waals surface area contributed by atoms with Gasteiger partial charge in [0.1, 0.15) is 11.5 Å². The molecule has 0 aliphatic heterocycles. The second kappa shape index (κ2) is 8.42. The van der Waals surface area contributed by atoms with E-state index in [2.05, 4.69) is 4.74 Å². The van der Waals surface area contributed by atoms with E-state index in [0.29, 0.717) is 29.0 Å². The first-order valence-corrected chi connectivity index (χ1v) is 8.04. The summed E-state index contributed by atoms with van der Waals surface area (Å²) in [5, 5.41) is 0. The fraction of sp³-hybridized carbons (Fsp3) is 0.556. The Morgan fingerprint density at radius 1 is 1.08 bits per heavy atom. The van der Waals surface area contributed by atoms with E-state index in [9.17, 15) is 22.8 Å². The summed E-state index contributed by atoms with van der Waals surface area (Å²) in [7, 11) is 0. The van der Waals surface area contributed by atoms with Crippen LogP contribution in [0.3, 0.4) is 0 Å². The number of halogens is 3. The Labute approximate surface area is 150 Å². The lowest BCUT2D eigenvalue weighted by Gasteiger charge is -2.21. The van der Waals surface area contributed by atoms with Crippen LogP contribution in [0, 0.1) is 19.3 Å². The standard InChI is InChI=1S/C18H23F3O5/c1-6-17(4,5)16(23)26-13-7-11(2)15(12(3)8-13)24-9-14(22)25-10-18(19,20)21/h7-8H,6,9-10H2,1-5H3. The van der Waals surface area contributed by atoms with Crippen molar-refractivity contribution in [3.8, 4) is 11.5 Å². The second-order valence-electron chi connectivity index (χ2n) is 6.58. The molecule has 0 fully saturated rings. The van der Waals surface area contributed by atoms with Crippen LogP contribution in [-0.4, -0.2) is 31.3 Å². The zero-order chi connectivity index (χ0) is 20.1. The Morgan fingerprint density at radius 2 is 1.62 bits per heavy atom. The molecule has 0 aromatic heterocycles. The zero-order valence-electron chi connectivity index (χ0n) is 15.5. The average Bonchev–Trinajstić information content (AvgIpc) is 2.51. The van der Waals surface area contributed by atoms with Crippen LogP contribution in [0.1, 0.15) is 38.3 Å². The number of carbonyl (C=O) groups is 2. The number of esters is 2. The Bertz CT molecular complexity index is 642. The fourth-order valence-electron chi connectivity index (χ4n) is 1.92. The van der Waals surface area contributed by atoms with Gasteiger partial charge in [-0.2, -0.15) is 13.2 Å². The van der Waals surface area contributed by atoms with Gasteiger partial charge >= 0.3 is 18.1 Å². The molecular weight excluding hydrogens is 353 g/mol. The highest BCUT2D eigenvalue weighted by molar-refractivity contribution is 5.78. The molecule has 0 heterocycles. The summed E-state index contributed by atoms with van der Waals surface area (Å²) < 4.78 is 50.7. The Kier molecular flexibility index (Phi) is 7.06. The van der Waals surface area contributed by atoms with Gasteiger partial charge in [-0.25, -0.2) is 4.79 Å². The molecule has 146 valence electrons. The average molecular weight is 376 g/mol. The van der Waals surface area contributed by atoms with E-state index in [4.69, 9.17) is 9.47 Å². The maximum atomic E-state index is 12.1. The quantitative estimate of drug-likeness (QED) is 0.529. The predicted molar refractivity (Wildman–Crippen MR) is 88.1 cm³/mol. The lowest BCUT2D eigenvalue weighted by Crippen LogP contribution is -2.28. The molecule has 0 aliphatic rings. The van der Waals surface area contributed by atoms with Gasteiger partial charge in [-0.3, -0.25) is 4.79 Å². The number of hydrogen-bond donors (Lipinski definition) is 0. The summed E-state index contributed by atoms with van der Waals surface area (Å²) in [5.41, 5.74) is 0.524. The second-order valence-corrected chi connectivity index (χ2v) is 6.58. The number of hydrogen-bond acceptors (Lipinski definition) is 5. The lowest BCUT2D eigenvalue weighted by molar-refractivity contribution is -0.187. The number of carbonyl (C=O) groups excluding carboxylic acids is 2. The molecule has 1 aromatic carbocycles. The molecule has 26 heavy (non-hydrogen) atoms. The fourth-order valence-corrected chi connectivity index (χ4v) is 1.92. The van der Waals surface area contributed by atoms with Gasteiger partial charge in [-0.1, -0.05) is 6.92 Å². The maximum absolute atomic E-state index is 12.1. The monoisotopic (exact) mass is 376 g/mol. The third-order valence-corrected chi connectivity index (χ3v) is 3.81. The van der Waals surface area contributed by atoms with E-state index in [1.54, 1.807) is 39.8 Å². The van der Waals surface area contributed by atoms with E-state index in [0.717, 1.165) is 0 Å². The normalized spacial score (nSPS) is 11.8. The summed E-state index contributed by atoms with van der Waals surface area (Å²) >= 11 is 0. The van der Waals surface area contributed by atoms with E-state index >= 15 is 0 Å². The van der Waals surface area contributed by atoms with Crippen molar-refractivity contribution in [2.45, 2.75) is 47.2 Å². The molecule has 5 nitrogen and oxygen atoms in total. The zero-order valence-corrected chi connectivity index (χ0v) is 15.5. The summed E-state index contributed by atoms with van der Waals surface area (Å²) in [5.74, 6) is -0.841. The van der Waals surface area contributed by atoms with Crippen molar-refractivity contribution in [2.24, 2.45) is 5.41 Å². The van der Waals surface area contributed by atoms with Crippen molar-refractivity contribution in [3.05, 3.63) is 23.3 Å². The van der Waals surface area contributed by atoms with Gasteiger partial charge in [-0.15, -0.1) is 0 Å². The third-order valence-electron chi connectivity index (χ3n) is 3.81. The van der Waals surface area contributed by atoms with Crippen LogP contribution in [0.15, 0.2) is 12.1 Å². The van der Waals surface area contributed by atoms with Crippen LogP contribution in [0.2, 0.25) is 0 Å². The Balaban J connectivity index is 2.75. The first-order valence-electron chi connectivity index (χ1n) is 8.04. The van der Waals surface area contributed by atoms with Crippen LogP contribution < -0.4 is 9.47 Å². The summed E-state index contributed by atoms with van der Waals surface area (Å²) in [6.45, 7) is 6.47. The first kappa shape index (κ1) is 21.8. The Morgan fingerprint density at radius 3 is 2.08 bits per heavy atom. The Hall–Kier alpha value is -2.25. The molecule has 1 rings (SSSR count). The van der Waals surface area contributed by atoms with Gasteiger partial charge < -0.3 is 14.2 Å². The maximum Gasteiger partial charge on any atom is 0.422 e. The van der Waals surface area contributed by atoms with Gasteiger partial charge in [-0.05, 0) is 57.4 Å². The highest BCUT2D eigenvalue weighted by Crippen LogP contribution is 2.30. The van der Waals surface area contributed by atoms with Crippen LogP contribution in [-0.2, 0) is 14.3 Å². The van der Waals surface area contributed by atoms with Gasteiger partial charge in [0.05, 0.1) is 5.41 Å². The van der Waals surface area contributed by atoms with Crippen molar-refractivity contribution in [1.82, 2.24) is 0 Å². The highest BCUT2D eigenvalue weighted by atomic mass is 19.4. The molecule has 0 spiro atoms.